The minimum Gasteiger partial charge on any atom is -0.468 e. The van der Waals surface area contributed by atoms with Crippen molar-refractivity contribution in [2.75, 3.05) is 0 Å². The van der Waals surface area contributed by atoms with E-state index in [4.69, 9.17) is 10.3 Å². The van der Waals surface area contributed by atoms with E-state index < -0.39 is 0 Å². The summed E-state index contributed by atoms with van der Waals surface area (Å²) in [6.45, 7) is 3.68. The second-order valence-electron chi connectivity index (χ2n) is 3.53. The molecule has 6 heteroatoms. The first-order chi connectivity index (χ1) is 7.54. The molecule has 16 heavy (non-hydrogen) atoms. The summed E-state index contributed by atoms with van der Waals surface area (Å²) >= 11 is 1.56. The lowest BCUT2D eigenvalue weighted by molar-refractivity contribution is 0.0953. The lowest BCUT2D eigenvalue weighted by Crippen LogP contribution is -2.29. The Balaban J connectivity index is 2.49. The zero-order valence-electron chi connectivity index (χ0n) is 9.27. The summed E-state index contributed by atoms with van der Waals surface area (Å²) in [6.07, 6.45) is 0.997. The van der Waals surface area contributed by atoms with Crippen LogP contribution >= 0.6 is 11.8 Å². The zero-order chi connectivity index (χ0) is 12.1. The largest absolute Gasteiger partial charge is 0.468 e. The van der Waals surface area contributed by atoms with E-state index in [1.165, 1.54) is 6.26 Å². The summed E-state index contributed by atoms with van der Waals surface area (Å²) in [5, 5.41) is 9.42. The molecule has 0 aromatic carbocycles. The van der Waals surface area contributed by atoms with E-state index in [0.29, 0.717) is 17.1 Å². The Labute approximate surface area is 98.4 Å². The minimum atomic E-state index is -0.372. The molecule has 1 rings (SSSR count). The summed E-state index contributed by atoms with van der Waals surface area (Å²) in [5.41, 5.74) is 2.44. The molecule has 1 amide bonds. The number of aliphatic hydroxyl groups excluding tert-OH is 1. The number of hydrazine groups is 1. The third kappa shape index (κ3) is 3.55. The standard InChI is InChI=1S/C10H16N2O3S/c1-6(13)7(2)16-5-9-3-8(4-15-9)10(14)12-11/h3-4,6-7,13H,5,11H2,1-2H3,(H,12,14). The van der Waals surface area contributed by atoms with E-state index in [-0.39, 0.29) is 17.3 Å². The molecule has 0 aliphatic heterocycles. The van der Waals surface area contributed by atoms with Crippen molar-refractivity contribution in [3.05, 3.63) is 23.7 Å². The molecule has 0 radical (unpaired) electrons. The number of carbonyl (C=O) groups is 1. The highest BCUT2D eigenvalue weighted by Crippen LogP contribution is 2.21. The van der Waals surface area contributed by atoms with Crippen LogP contribution in [0.1, 0.15) is 30.0 Å². The molecule has 2 atom stereocenters. The first-order valence-electron chi connectivity index (χ1n) is 4.92. The molecule has 2 unspecified atom stereocenters. The smallest absolute Gasteiger partial charge is 0.268 e. The lowest BCUT2D eigenvalue weighted by Gasteiger charge is -2.12. The van der Waals surface area contributed by atoms with Crippen molar-refractivity contribution in [3.8, 4) is 0 Å². The molecule has 0 aliphatic rings. The summed E-state index contributed by atoms with van der Waals surface area (Å²) < 4.78 is 5.20. The van der Waals surface area contributed by atoms with E-state index in [0.717, 1.165) is 0 Å². The molecule has 0 saturated heterocycles. The molecular weight excluding hydrogens is 228 g/mol. The monoisotopic (exact) mass is 244 g/mol. The molecule has 0 fully saturated rings. The van der Waals surface area contributed by atoms with Gasteiger partial charge in [0.1, 0.15) is 12.0 Å². The maximum Gasteiger partial charge on any atom is 0.268 e. The van der Waals surface area contributed by atoms with Gasteiger partial charge in [0.25, 0.3) is 5.91 Å². The Morgan fingerprint density at radius 2 is 2.38 bits per heavy atom. The Bertz CT molecular complexity index is 352. The van der Waals surface area contributed by atoms with E-state index in [1.807, 2.05) is 12.3 Å². The first-order valence-corrected chi connectivity index (χ1v) is 5.97. The number of nitrogens with one attached hydrogen (secondary N) is 1. The highest BCUT2D eigenvalue weighted by atomic mass is 32.2. The topological polar surface area (TPSA) is 88.5 Å². The minimum absolute atomic E-state index is 0.122. The van der Waals surface area contributed by atoms with Gasteiger partial charge in [0.15, 0.2) is 0 Å². The Morgan fingerprint density at radius 3 is 2.94 bits per heavy atom. The van der Waals surface area contributed by atoms with Gasteiger partial charge >= 0.3 is 0 Å². The molecule has 0 spiro atoms. The summed E-state index contributed by atoms with van der Waals surface area (Å²) in [6, 6.07) is 1.64. The average molecular weight is 244 g/mol. The first kappa shape index (κ1) is 13.1. The molecule has 90 valence electrons. The molecule has 0 saturated carbocycles. The SMILES string of the molecule is CC(O)C(C)SCc1cc(C(=O)NN)co1. The molecule has 5 nitrogen and oxygen atoms in total. The Morgan fingerprint density at radius 1 is 1.69 bits per heavy atom. The molecule has 4 N–H and O–H groups in total. The highest BCUT2D eigenvalue weighted by Gasteiger charge is 2.12. The van der Waals surface area contributed by atoms with Gasteiger partial charge in [0, 0.05) is 5.25 Å². The fourth-order valence-corrected chi connectivity index (χ4v) is 1.87. The van der Waals surface area contributed by atoms with E-state index in [1.54, 1.807) is 24.8 Å². The van der Waals surface area contributed by atoms with Gasteiger partial charge in [-0.25, -0.2) is 5.84 Å². The van der Waals surface area contributed by atoms with E-state index >= 15 is 0 Å². The number of aliphatic hydroxyl groups is 1. The zero-order valence-corrected chi connectivity index (χ0v) is 10.1. The number of amides is 1. The summed E-state index contributed by atoms with van der Waals surface area (Å²) in [5.74, 6) is 5.93. The maximum absolute atomic E-state index is 11.1. The van der Waals surface area contributed by atoms with Gasteiger partial charge in [-0.3, -0.25) is 10.2 Å². The predicted molar refractivity (Wildman–Crippen MR) is 62.8 cm³/mol. The third-order valence-corrected chi connectivity index (χ3v) is 3.59. The highest BCUT2D eigenvalue weighted by molar-refractivity contribution is 7.99. The molecule has 0 aliphatic carbocycles. The number of hydrogen-bond donors (Lipinski definition) is 3. The number of nitrogen functional groups attached to an aromatic ring is 1. The van der Waals surface area contributed by atoms with Crippen LogP contribution in [0.2, 0.25) is 0 Å². The van der Waals surface area contributed by atoms with Crippen LogP contribution in [0.4, 0.5) is 0 Å². The molecule has 1 aromatic heterocycles. The van der Waals surface area contributed by atoms with Gasteiger partial charge < -0.3 is 9.52 Å². The van der Waals surface area contributed by atoms with Crippen molar-refractivity contribution in [1.82, 2.24) is 5.43 Å². The molecule has 0 bridgehead atoms. The maximum atomic E-state index is 11.1. The molecular formula is C10H16N2O3S. The van der Waals surface area contributed by atoms with Gasteiger partial charge in [-0.15, -0.1) is 11.8 Å². The normalized spacial score (nSPS) is 14.5. The van der Waals surface area contributed by atoms with Crippen molar-refractivity contribution < 1.29 is 14.3 Å². The van der Waals surface area contributed by atoms with Crippen LogP contribution in [0, 0.1) is 0 Å². The number of carbonyl (C=O) groups excluding carboxylic acids is 1. The van der Waals surface area contributed by atoms with Gasteiger partial charge in [-0.2, -0.15) is 0 Å². The second-order valence-corrected chi connectivity index (χ2v) is 4.90. The van der Waals surface area contributed by atoms with Crippen LogP contribution in [-0.2, 0) is 5.75 Å². The van der Waals surface area contributed by atoms with Crippen molar-refractivity contribution in [2.45, 2.75) is 31.0 Å². The van der Waals surface area contributed by atoms with Crippen LogP contribution in [0.25, 0.3) is 0 Å². The van der Waals surface area contributed by atoms with Crippen molar-refractivity contribution in [3.63, 3.8) is 0 Å². The van der Waals surface area contributed by atoms with Gasteiger partial charge in [0.2, 0.25) is 0 Å². The quantitative estimate of drug-likeness (QED) is 0.406. The predicted octanol–water partition coefficient (Wildman–Crippen LogP) is 0.886. The van der Waals surface area contributed by atoms with Crippen molar-refractivity contribution in [1.29, 1.82) is 0 Å². The average Bonchev–Trinajstić information content (AvgIpc) is 2.73. The summed E-state index contributed by atoms with van der Waals surface area (Å²) in [4.78, 5) is 11.1. The van der Waals surface area contributed by atoms with Crippen LogP contribution < -0.4 is 11.3 Å². The summed E-state index contributed by atoms with van der Waals surface area (Å²) in [7, 11) is 0. The van der Waals surface area contributed by atoms with Crippen LogP contribution in [0.3, 0.4) is 0 Å². The van der Waals surface area contributed by atoms with Crippen molar-refractivity contribution >= 4 is 17.7 Å². The number of hydrogen-bond acceptors (Lipinski definition) is 5. The number of nitrogens with two attached hydrogens (primary N) is 1. The van der Waals surface area contributed by atoms with E-state index in [9.17, 15) is 9.90 Å². The van der Waals surface area contributed by atoms with Crippen LogP contribution in [-0.4, -0.2) is 22.4 Å². The second kappa shape index (κ2) is 5.93. The molecule has 1 heterocycles. The van der Waals surface area contributed by atoms with E-state index in [2.05, 4.69) is 0 Å². The van der Waals surface area contributed by atoms with Gasteiger partial charge in [-0.1, -0.05) is 6.92 Å². The molecule has 1 aromatic rings. The number of rotatable bonds is 5. The fourth-order valence-electron chi connectivity index (χ4n) is 1.01. The third-order valence-electron chi connectivity index (χ3n) is 2.21. The Hall–Kier alpha value is -0.980. The van der Waals surface area contributed by atoms with Crippen LogP contribution in [0.5, 0.6) is 0 Å². The number of thioether (sulfide) groups is 1. The van der Waals surface area contributed by atoms with Crippen LogP contribution in [0.15, 0.2) is 16.7 Å². The van der Waals surface area contributed by atoms with Crippen molar-refractivity contribution in [2.24, 2.45) is 5.84 Å². The van der Waals surface area contributed by atoms with Gasteiger partial charge in [0.05, 0.1) is 17.4 Å². The fraction of sp³-hybridized carbons (Fsp3) is 0.500. The lowest BCUT2D eigenvalue weighted by atomic mass is 10.3. The van der Waals surface area contributed by atoms with Gasteiger partial charge in [-0.05, 0) is 13.0 Å². The Kier molecular flexibility index (Phi) is 4.85. The number of furan rings is 1.